The summed E-state index contributed by atoms with van der Waals surface area (Å²) in [5.74, 6) is -0.0789. The topological polar surface area (TPSA) is 66.0 Å². The van der Waals surface area contributed by atoms with Crippen LogP contribution in [0, 0.1) is 0 Å². The Labute approximate surface area is 211 Å². The number of pyridine rings is 1. The normalized spacial score (nSPS) is 14.0. The van der Waals surface area contributed by atoms with Crippen LogP contribution in [0.1, 0.15) is 29.3 Å². The van der Waals surface area contributed by atoms with Crippen molar-refractivity contribution in [3.63, 3.8) is 0 Å². The smallest absolute Gasteiger partial charge is 0.409 e. The number of aromatic nitrogens is 1. The molecule has 0 aliphatic carbocycles. The van der Waals surface area contributed by atoms with Crippen LogP contribution in [-0.4, -0.2) is 78.6 Å². The van der Waals surface area contributed by atoms with E-state index in [-0.39, 0.29) is 12.0 Å². The molecule has 184 valence electrons. The highest BCUT2D eigenvalue weighted by Gasteiger charge is 2.26. The molecule has 1 saturated heterocycles. The maximum atomic E-state index is 13.2. The summed E-state index contributed by atoms with van der Waals surface area (Å²) < 4.78 is 5.20. The lowest BCUT2D eigenvalue weighted by Crippen LogP contribution is -2.50. The van der Waals surface area contributed by atoms with Gasteiger partial charge >= 0.3 is 6.09 Å². The van der Waals surface area contributed by atoms with Gasteiger partial charge in [-0.2, -0.15) is 0 Å². The lowest BCUT2D eigenvalue weighted by molar-refractivity contribution is 0.0560. The summed E-state index contributed by atoms with van der Waals surface area (Å²) in [6, 6.07) is 15.6. The van der Waals surface area contributed by atoms with Crippen LogP contribution in [-0.2, 0) is 11.3 Å². The number of halogens is 1. The van der Waals surface area contributed by atoms with Crippen LogP contribution in [0.25, 0.3) is 22.2 Å². The Balaban J connectivity index is 1.53. The average Bonchev–Trinajstić information content (AvgIpc) is 2.86. The van der Waals surface area contributed by atoms with Gasteiger partial charge in [0.05, 0.1) is 22.8 Å². The molecule has 0 bridgehead atoms. The average molecular weight is 495 g/mol. The van der Waals surface area contributed by atoms with Gasteiger partial charge in [-0.05, 0) is 50.3 Å². The molecule has 8 heteroatoms. The fourth-order valence-electron chi connectivity index (χ4n) is 4.22. The lowest BCUT2D eigenvalue weighted by atomic mass is 10.0. The number of hydrogen-bond acceptors (Lipinski definition) is 5. The summed E-state index contributed by atoms with van der Waals surface area (Å²) in [4.78, 5) is 35.7. The number of carbonyl (C=O) groups is 2. The summed E-state index contributed by atoms with van der Waals surface area (Å²) in [5, 5.41) is 1.40. The zero-order chi connectivity index (χ0) is 24.9. The van der Waals surface area contributed by atoms with Crippen molar-refractivity contribution < 1.29 is 14.3 Å². The maximum absolute atomic E-state index is 13.2. The highest BCUT2D eigenvalue weighted by Crippen LogP contribution is 2.29. The van der Waals surface area contributed by atoms with Crippen LogP contribution in [0.3, 0.4) is 0 Å². The van der Waals surface area contributed by atoms with E-state index < -0.39 is 0 Å². The van der Waals surface area contributed by atoms with Gasteiger partial charge in [0.1, 0.15) is 0 Å². The zero-order valence-corrected chi connectivity index (χ0v) is 21.2. The second-order valence-electron chi connectivity index (χ2n) is 9.05. The molecule has 1 fully saturated rings. The van der Waals surface area contributed by atoms with Gasteiger partial charge in [-0.15, -0.1) is 0 Å². The van der Waals surface area contributed by atoms with Gasteiger partial charge in [-0.3, -0.25) is 4.79 Å². The SMILES string of the molecule is CCCOC(=O)N1CCN(C(=O)c2ccc3c(Cl)cc(-c4cccc(CN(C)C)c4)nc3c2)CC1. The third-order valence-corrected chi connectivity index (χ3v) is 6.30. The number of nitrogens with zero attached hydrogens (tertiary/aromatic N) is 4. The molecule has 0 radical (unpaired) electrons. The van der Waals surface area contributed by atoms with Crippen LogP contribution >= 0.6 is 11.6 Å². The van der Waals surface area contributed by atoms with Gasteiger partial charge in [-0.25, -0.2) is 9.78 Å². The second-order valence-corrected chi connectivity index (χ2v) is 9.46. The molecule has 3 aromatic rings. The van der Waals surface area contributed by atoms with Crippen molar-refractivity contribution in [3.05, 3.63) is 64.7 Å². The third-order valence-electron chi connectivity index (χ3n) is 5.98. The Hall–Kier alpha value is -3.16. The third kappa shape index (κ3) is 5.92. The van der Waals surface area contributed by atoms with E-state index in [9.17, 15) is 9.59 Å². The lowest BCUT2D eigenvalue weighted by Gasteiger charge is -2.34. The molecule has 0 spiro atoms. The van der Waals surface area contributed by atoms with E-state index in [1.165, 1.54) is 5.56 Å². The van der Waals surface area contributed by atoms with Crippen molar-refractivity contribution in [3.8, 4) is 11.3 Å². The Morgan fingerprint density at radius 3 is 2.49 bits per heavy atom. The molecular weight excluding hydrogens is 464 g/mol. The van der Waals surface area contributed by atoms with Crippen molar-refractivity contribution in [2.75, 3.05) is 46.9 Å². The van der Waals surface area contributed by atoms with E-state index in [4.69, 9.17) is 21.3 Å². The first-order valence-corrected chi connectivity index (χ1v) is 12.3. The fraction of sp³-hybridized carbons (Fsp3) is 0.370. The number of benzene rings is 2. The standard InChI is InChI=1S/C27H31ClN4O3/c1-4-14-35-27(34)32-12-10-31(11-13-32)26(33)21-8-9-22-23(28)17-24(29-25(22)16-21)20-7-5-6-19(15-20)18-30(2)3/h5-9,15-17H,4,10-14,18H2,1-3H3. The molecule has 1 aliphatic rings. The number of rotatable bonds is 6. The van der Waals surface area contributed by atoms with Crippen molar-refractivity contribution in [1.29, 1.82) is 0 Å². The van der Waals surface area contributed by atoms with Crippen molar-refractivity contribution in [1.82, 2.24) is 19.7 Å². The molecule has 7 nitrogen and oxygen atoms in total. The van der Waals surface area contributed by atoms with Crippen LogP contribution in [0.15, 0.2) is 48.5 Å². The van der Waals surface area contributed by atoms with Crippen LogP contribution in [0.5, 0.6) is 0 Å². The Morgan fingerprint density at radius 1 is 1.03 bits per heavy atom. The number of ether oxygens (including phenoxy) is 1. The second kappa shape index (κ2) is 11.1. The summed E-state index contributed by atoms with van der Waals surface area (Å²) in [7, 11) is 4.07. The molecule has 0 atom stereocenters. The first-order chi connectivity index (χ1) is 16.9. The molecule has 2 amide bonds. The number of fused-ring (bicyclic) bond motifs is 1. The quantitative estimate of drug-likeness (QED) is 0.486. The molecule has 0 N–H and O–H groups in total. The van der Waals surface area contributed by atoms with E-state index in [2.05, 4.69) is 17.0 Å². The molecular formula is C27H31ClN4O3. The van der Waals surface area contributed by atoms with E-state index in [1.807, 2.05) is 45.3 Å². The molecule has 0 unspecified atom stereocenters. The Bertz CT molecular complexity index is 1220. The number of piperazine rings is 1. The van der Waals surface area contributed by atoms with Crippen molar-refractivity contribution in [2.45, 2.75) is 19.9 Å². The fourth-order valence-corrected chi connectivity index (χ4v) is 4.48. The minimum Gasteiger partial charge on any atom is -0.449 e. The minimum atomic E-state index is -0.314. The first kappa shape index (κ1) is 24.9. The van der Waals surface area contributed by atoms with Gasteiger partial charge in [-0.1, -0.05) is 42.8 Å². The van der Waals surface area contributed by atoms with Gasteiger partial charge in [0.25, 0.3) is 5.91 Å². The van der Waals surface area contributed by atoms with Gasteiger partial charge in [0, 0.05) is 49.2 Å². The Kier molecular flexibility index (Phi) is 7.88. The molecule has 1 aromatic heterocycles. The molecule has 35 heavy (non-hydrogen) atoms. The van der Waals surface area contributed by atoms with Gasteiger partial charge in [0.15, 0.2) is 0 Å². The van der Waals surface area contributed by atoms with Crippen LogP contribution in [0.2, 0.25) is 5.02 Å². The molecule has 4 rings (SSSR count). The van der Waals surface area contributed by atoms with Crippen LogP contribution < -0.4 is 0 Å². The van der Waals surface area contributed by atoms with Crippen molar-refractivity contribution in [2.24, 2.45) is 0 Å². The zero-order valence-electron chi connectivity index (χ0n) is 20.5. The van der Waals surface area contributed by atoms with E-state index in [0.29, 0.717) is 48.9 Å². The highest BCUT2D eigenvalue weighted by molar-refractivity contribution is 6.35. The molecule has 1 aliphatic heterocycles. The summed E-state index contributed by atoms with van der Waals surface area (Å²) >= 11 is 6.61. The minimum absolute atomic E-state index is 0.0789. The van der Waals surface area contributed by atoms with Gasteiger partial charge in [0.2, 0.25) is 0 Å². The largest absolute Gasteiger partial charge is 0.449 e. The van der Waals surface area contributed by atoms with E-state index in [0.717, 1.165) is 29.6 Å². The van der Waals surface area contributed by atoms with E-state index in [1.54, 1.807) is 21.9 Å². The monoisotopic (exact) mass is 494 g/mol. The molecule has 0 saturated carbocycles. The number of carbonyl (C=O) groups excluding carboxylic acids is 2. The summed E-state index contributed by atoms with van der Waals surface area (Å²) in [6.07, 6.45) is 0.471. The maximum Gasteiger partial charge on any atom is 0.409 e. The predicted molar refractivity (Wildman–Crippen MR) is 139 cm³/mol. The van der Waals surface area contributed by atoms with Crippen molar-refractivity contribution >= 4 is 34.5 Å². The van der Waals surface area contributed by atoms with Gasteiger partial charge < -0.3 is 19.4 Å². The molecule has 2 aromatic carbocycles. The summed E-state index contributed by atoms with van der Waals surface area (Å²) in [5.41, 5.74) is 4.18. The summed E-state index contributed by atoms with van der Waals surface area (Å²) in [6.45, 7) is 5.04. The number of hydrogen-bond donors (Lipinski definition) is 0. The van der Waals surface area contributed by atoms with E-state index >= 15 is 0 Å². The number of amides is 2. The van der Waals surface area contributed by atoms with Crippen LogP contribution in [0.4, 0.5) is 4.79 Å². The highest BCUT2D eigenvalue weighted by atomic mass is 35.5. The Morgan fingerprint density at radius 2 is 1.77 bits per heavy atom. The first-order valence-electron chi connectivity index (χ1n) is 11.9. The predicted octanol–water partition coefficient (Wildman–Crippen LogP) is 4.92. The molecule has 2 heterocycles.